The van der Waals surface area contributed by atoms with Crippen molar-refractivity contribution in [1.82, 2.24) is 14.8 Å². The molecule has 1 aromatic carbocycles. The molecule has 0 amide bonds. The monoisotopic (exact) mass is 247 g/mol. The van der Waals surface area contributed by atoms with E-state index in [9.17, 15) is 4.79 Å². The van der Waals surface area contributed by atoms with E-state index in [4.69, 9.17) is 9.84 Å². The molecule has 6 heteroatoms. The average molecular weight is 247 g/mol. The fraction of sp³-hybridized carbons (Fsp3) is 0.250. The highest BCUT2D eigenvalue weighted by Crippen LogP contribution is 2.10. The molecule has 1 heterocycles. The SMILES string of the molecule is C[C@H](CC(=O)O)Oc1ncn(-c2ccccc2)n1. The number of rotatable bonds is 5. The van der Waals surface area contributed by atoms with E-state index in [0.717, 1.165) is 5.69 Å². The second kappa shape index (κ2) is 5.31. The molecule has 0 bridgehead atoms. The molecular weight excluding hydrogens is 234 g/mol. The van der Waals surface area contributed by atoms with Gasteiger partial charge in [0.2, 0.25) is 0 Å². The maximum atomic E-state index is 10.5. The molecule has 0 unspecified atom stereocenters. The van der Waals surface area contributed by atoms with Gasteiger partial charge < -0.3 is 9.84 Å². The molecule has 0 aliphatic carbocycles. The van der Waals surface area contributed by atoms with Crippen molar-refractivity contribution >= 4 is 5.97 Å². The molecule has 0 fully saturated rings. The van der Waals surface area contributed by atoms with Crippen LogP contribution in [0.15, 0.2) is 36.7 Å². The van der Waals surface area contributed by atoms with Crippen molar-refractivity contribution < 1.29 is 14.6 Å². The molecule has 0 aliphatic rings. The van der Waals surface area contributed by atoms with Crippen molar-refractivity contribution in [2.45, 2.75) is 19.4 Å². The molecule has 94 valence electrons. The van der Waals surface area contributed by atoms with Crippen molar-refractivity contribution in [3.8, 4) is 11.7 Å². The van der Waals surface area contributed by atoms with Gasteiger partial charge in [-0.05, 0) is 19.1 Å². The number of hydrogen-bond acceptors (Lipinski definition) is 4. The van der Waals surface area contributed by atoms with Crippen molar-refractivity contribution in [2.75, 3.05) is 0 Å². The third-order valence-electron chi connectivity index (χ3n) is 2.26. The molecule has 2 aromatic rings. The van der Waals surface area contributed by atoms with Crippen LogP contribution < -0.4 is 4.74 Å². The van der Waals surface area contributed by atoms with E-state index >= 15 is 0 Å². The van der Waals surface area contributed by atoms with Gasteiger partial charge in [-0.2, -0.15) is 4.98 Å². The fourth-order valence-corrected chi connectivity index (χ4v) is 1.47. The highest BCUT2D eigenvalue weighted by atomic mass is 16.5. The predicted octanol–water partition coefficient (Wildman–Crippen LogP) is 1.51. The Labute approximate surface area is 104 Å². The summed E-state index contributed by atoms with van der Waals surface area (Å²) in [4.78, 5) is 14.5. The number of carbonyl (C=O) groups is 1. The van der Waals surface area contributed by atoms with E-state index in [-0.39, 0.29) is 12.4 Å². The zero-order valence-electron chi connectivity index (χ0n) is 9.85. The zero-order chi connectivity index (χ0) is 13.0. The number of nitrogens with zero attached hydrogens (tertiary/aromatic N) is 3. The number of para-hydroxylation sites is 1. The first-order valence-corrected chi connectivity index (χ1v) is 5.50. The van der Waals surface area contributed by atoms with Gasteiger partial charge in [-0.3, -0.25) is 4.79 Å². The lowest BCUT2D eigenvalue weighted by atomic mass is 10.3. The Bertz CT molecular complexity index is 524. The Balaban J connectivity index is 2.05. The van der Waals surface area contributed by atoms with Crippen LogP contribution in [0.1, 0.15) is 13.3 Å². The van der Waals surface area contributed by atoms with E-state index in [1.807, 2.05) is 30.3 Å². The van der Waals surface area contributed by atoms with Gasteiger partial charge in [-0.15, -0.1) is 5.10 Å². The van der Waals surface area contributed by atoms with Gasteiger partial charge in [0.25, 0.3) is 0 Å². The molecule has 18 heavy (non-hydrogen) atoms. The summed E-state index contributed by atoms with van der Waals surface area (Å²) in [7, 11) is 0. The van der Waals surface area contributed by atoms with Crippen LogP contribution in [-0.2, 0) is 4.79 Å². The van der Waals surface area contributed by atoms with Crippen LogP contribution in [0.4, 0.5) is 0 Å². The number of ether oxygens (including phenoxy) is 1. The van der Waals surface area contributed by atoms with Crippen LogP contribution in [0.3, 0.4) is 0 Å². The molecule has 2 rings (SSSR count). The van der Waals surface area contributed by atoms with Gasteiger partial charge in [0.05, 0.1) is 12.1 Å². The Morgan fingerprint density at radius 1 is 1.44 bits per heavy atom. The summed E-state index contributed by atoms with van der Waals surface area (Å²) < 4.78 is 6.88. The Morgan fingerprint density at radius 3 is 2.83 bits per heavy atom. The first-order chi connectivity index (χ1) is 8.65. The number of carboxylic acid groups (broad SMARTS) is 1. The Kier molecular flexibility index (Phi) is 3.57. The van der Waals surface area contributed by atoms with E-state index in [0.29, 0.717) is 0 Å². The van der Waals surface area contributed by atoms with Gasteiger partial charge in [0.1, 0.15) is 12.4 Å². The summed E-state index contributed by atoms with van der Waals surface area (Å²) in [5.74, 6) is -0.912. The van der Waals surface area contributed by atoms with Crippen LogP contribution in [0.25, 0.3) is 5.69 Å². The van der Waals surface area contributed by atoms with Gasteiger partial charge in [0, 0.05) is 0 Å². The molecule has 0 spiro atoms. The van der Waals surface area contributed by atoms with E-state index in [2.05, 4.69) is 10.1 Å². The third-order valence-corrected chi connectivity index (χ3v) is 2.26. The molecule has 6 nitrogen and oxygen atoms in total. The number of hydrogen-bond donors (Lipinski definition) is 1. The van der Waals surface area contributed by atoms with Crippen molar-refractivity contribution in [2.24, 2.45) is 0 Å². The molecule has 0 radical (unpaired) electrons. The maximum absolute atomic E-state index is 10.5. The lowest BCUT2D eigenvalue weighted by molar-refractivity contribution is -0.138. The number of carboxylic acids is 1. The quantitative estimate of drug-likeness (QED) is 0.866. The summed E-state index contributed by atoms with van der Waals surface area (Å²) in [5.41, 5.74) is 0.866. The predicted molar refractivity (Wildman–Crippen MR) is 63.7 cm³/mol. The Hall–Kier alpha value is -2.37. The van der Waals surface area contributed by atoms with E-state index in [1.54, 1.807) is 11.6 Å². The highest BCUT2D eigenvalue weighted by Gasteiger charge is 2.12. The van der Waals surface area contributed by atoms with Crippen LogP contribution in [0.2, 0.25) is 0 Å². The highest BCUT2D eigenvalue weighted by molar-refractivity contribution is 5.67. The van der Waals surface area contributed by atoms with Gasteiger partial charge in [0.15, 0.2) is 0 Å². The van der Waals surface area contributed by atoms with Crippen molar-refractivity contribution in [3.05, 3.63) is 36.7 Å². The lowest BCUT2D eigenvalue weighted by Gasteiger charge is -2.07. The minimum atomic E-state index is -0.912. The molecule has 1 aromatic heterocycles. The average Bonchev–Trinajstić information content (AvgIpc) is 2.77. The third kappa shape index (κ3) is 3.07. The van der Waals surface area contributed by atoms with Gasteiger partial charge in [-0.1, -0.05) is 18.2 Å². The number of benzene rings is 1. The van der Waals surface area contributed by atoms with Crippen molar-refractivity contribution in [1.29, 1.82) is 0 Å². The first kappa shape index (κ1) is 12.1. The first-order valence-electron chi connectivity index (χ1n) is 5.50. The number of aliphatic carboxylic acids is 1. The van der Waals surface area contributed by atoms with Crippen LogP contribution in [0.5, 0.6) is 6.01 Å². The van der Waals surface area contributed by atoms with Gasteiger partial charge in [-0.25, -0.2) is 4.68 Å². The Morgan fingerprint density at radius 2 is 2.17 bits per heavy atom. The second-order valence-electron chi connectivity index (χ2n) is 3.83. The van der Waals surface area contributed by atoms with E-state index < -0.39 is 12.1 Å². The maximum Gasteiger partial charge on any atom is 0.336 e. The standard InChI is InChI=1S/C12H13N3O3/c1-9(7-11(16)17)18-12-13-8-15(14-12)10-5-3-2-4-6-10/h2-6,8-9H,7H2,1H3,(H,16,17)/t9-/m1/s1. The summed E-state index contributed by atoms with van der Waals surface area (Å²) in [6.07, 6.45) is 0.979. The smallest absolute Gasteiger partial charge is 0.336 e. The van der Waals surface area contributed by atoms with E-state index in [1.165, 1.54) is 6.33 Å². The van der Waals surface area contributed by atoms with Gasteiger partial charge >= 0.3 is 12.0 Å². The lowest BCUT2D eigenvalue weighted by Crippen LogP contribution is -2.17. The molecule has 0 saturated heterocycles. The van der Waals surface area contributed by atoms with Crippen LogP contribution in [-0.4, -0.2) is 31.9 Å². The topological polar surface area (TPSA) is 77.2 Å². The molecule has 0 aliphatic heterocycles. The fourth-order valence-electron chi connectivity index (χ4n) is 1.47. The minimum absolute atomic E-state index is 0.0835. The molecule has 1 atom stereocenters. The molecular formula is C12H13N3O3. The van der Waals surface area contributed by atoms with Crippen LogP contribution >= 0.6 is 0 Å². The zero-order valence-corrected chi connectivity index (χ0v) is 9.85. The molecule has 0 saturated carbocycles. The summed E-state index contributed by atoms with van der Waals surface area (Å²) in [5, 5.41) is 12.7. The number of aromatic nitrogens is 3. The molecule has 1 N–H and O–H groups in total. The summed E-state index contributed by atoms with van der Waals surface area (Å²) in [6, 6.07) is 9.65. The second-order valence-corrected chi connectivity index (χ2v) is 3.83. The largest absolute Gasteiger partial charge is 0.481 e. The van der Waals surface area contributed by atoms with Crippen LogP contribution in [0, 0.1) is 0 Å². The summed E-state index contributed by atoms with van der Waals surface area (Å²) >= 11 is 0. The normalized spacial score (nSPS) is 12.1. The summed E-state index contributed by atoms with van der Waals surface area (Å²) in [6.45, 7) is 1.66. The minimum Gasteiger partial charge on any atom is -0.481 e. The van der Waals surface area contributed by atoms with Crippen molar-refractivity contribution in [3.63, 3.8) is 0 Å².